The molecule has 0 bridgehead atoms. The van der Waals surface area contributed by atoms with E-state index >= 15 is 0 Å². The van der Waals surface area contributed by atoms with Gasteiger partial charge in [0.05, 0.1) is 19.7 Å². The number of aromatic nitrogens is 1. The first-order valence-corrected chi connectivity index (χ1v) is 5.64. The first-order chi connectivity index (χ1) is 7.65. The molecule has 16 heavy (non-hydrogen) atoms. The van der Waals surface area contributed by atoms with Gasteiger partial charge in [-0.25, -0.2) is 0 Å². The van der Waals surface area contributed by atoms with E-state index in [0.29, 0.717) is 11.5 Å². The Balaban J connectivity index is 2.78. The molecule has 0 fully saturated rings. The van der Waals surface area contributed by atoms with Crippen LogP contribution in [0.5, 0.6) is 11.5 Å². The first kappa shape index (κ1) is 11.2. The summed E-state index contributed by atoms with van der Waals surface area (Å²) in [6.45, 7) is 1.96. The monoisotopic (exact) mass is 281 g/mol. The van der Waals surface area contributed by atoms with Crippen LogP contribution >= 0.6 is 15.9 Å². The molecule has 0 spiro atoms. The van der Waals surface area contributed by atoms with Gasteiger partial charge in [-0.2, -0.15) is 0 Å². The number of halogens is 1. The number of hydrogen-bond donors (Lipinski definition) is 0. The Hall–Kier alpha value is -1.29. The van der Waals surface area contributed by atoms with E-state index in [-0.39, 0.29) is 0 Å². The molecule has 0 saturated heterocycles. The molecule has 4 heteroatoms. The third-order valence-electron chi connectivity index (χ3n) is 2.39. The lowest BCUT2D eigenvalue weighted by Gasteiger charge is -2.10. The second-order valence-corrected chi connectivity index (χ2v) is 4.32. The van der Waals surface area contributed by atoms with Gasteiger partial charge in [0.15, 0.2) is 11.5 Å². The molecule has 0 amide bonds. The topological polar surface area (TPSA) is 31.4 Å². The number of benzene rings is 1. The number of nitrogens with zero attached hydrogens (tertiary/aromatic N) is 1. The van der Waals surface area contributed by atoms with Crippen LogP contribution in [0.15, 0.2) is 22.7 Å². The zero-order valence-electron chi connectivity index (χ0n) is 9.37. The molecule has 0 radical (unpaired) electrons. The fourth-order valence-corrected chi connectivity index (χ4v) is 2.28. The van der Waals surface area contributed by atoms with Gasteiger partial charge in [-0.15, -0.1) is 0 Å². The maximum Gasteiger partial charge on any atom is 0.162 e. The summed E-state index contributed by atoms with van der Waals surface area (Å²) in [5.74, 6) is 1.40. The van der Waals surface area contributed by atoms with Crippen LogP contribution in [0.3, 0.4) is 0 Å². The molecule has 3 nitrogen and oxygen atoms in total. The molecule has 0 aliphatic heterocycles. The first-order valence-electron chi connectivity index (χ1n) is 4.84. The molecule has 0 unspecified atom stereocenters. The lowest BCUT2D eigenvalue weighted by Crippen LogP contribution is -1.92. The van der Waals surface area contributed by atoms with Gasteiger partial charge in [0.1, 0.15) is 0 Å². The highest BCUT2D eigenvalue weighted by atomic mass is 79.9. The van der Waals surface area contributed by atoms with Crippen LogP contribution in [0.4, 0.5) is 0 Å². The van der Waals surface area contributed by atoms with Crippen LogP contribution in [0, 0.1) is 6.92 Å². The Kier molecular flexibility index (Phi) is 3.01. The van der Waals surface area contributed by atoms with Crippen molar-refractivity contribution in [1.82, 2.24) is 4.98 Å². The normalized spacial score (nSPS) is 10.5. The minimum atomic E-state index is 0.694. The van der Waals surface area contributed by atoms with E-state index in [4.69, 9.17) is 9.47 Å². The summed E-state index contributed by atoms with van der Waals surface area (Å²) in [5, 5.41) is 1.02. The van der Waals surface area contributed by atoms with Gasteiger partial charge in [0.25, 0.3) is 0 Å². The van der Waals surface area contributed by atoms with Crippen molar-refractivity contribution in [2.75, 3.05) is 14.2 Å². The van der Waals surface area contributed by atoms with Crippen LogP contribution in [0.25, 0.3) is 10.9 Å². The van der Waals surface area contributed by atoms with Gasteiger partial charge < -0.3 is 9.47 Å². The molecule has 0 atom stereocenters. The fraction of sp³-hybridized carbons (Fsp3) is 0.250. The number of aryl methyl sites for hydroxylation is 1. The van der Waals surface area contributed by atoms with Crippen molar-refractivity contribution in [3.63, 3.8) is 0 Å². The summed E-state index contributed by atoms with van der Waals surface area (Å²) in [4.78, 5) is 4.45. The molecule has 0 aliphatic rings. The van der Waals surface area contributed by atoms with Gasteiger partial charge in [0, 0.05) is 21.6 Å². The highest BCUT2D eigenvalue weighted by Crippen LogP contribution is 2.34. The lowest BCUT2D eigenvalue weighted by molar-refractivity contribution is 0.356. The van der Waals surface area contributed by atoms with Crippen LogP contribution in [0.2, 0.25) is 0 Å². The summed E-state index contributed by atoms with van der Waals surface area (Å²) in [6.07, 6.45) is 0. The van der Waals surface area contributed by atoms with Gasteiger partial charge in [-0.1, -0.05) is 15.9 Å². The Morgan fingerprint density at radius 2 is 1.69 bits per heavy atom. The van der Waals surface area contributed by atoms with Crippen LogP contribution in [-0.2, 0) is 0 Å². The van der Waals surface area contributed by atoms with E-state index in [1.54, 1.807) is 14.2 Å². The van der Waals surface area contributed by atoms with Crippen molar-refractivity contribution in [1.29, 1.82) is 0 Å². The molecule has 2 rings (SSSR count). The molecule has 2 aromatic rings. The molecule has 1 aromatic heterocycles. The van der Waals surface area contributed by atoms with Crippen LogP contribution in [-0.4, -0.2) is 19.2 Å². The molecule has 0 saturated carbocycles. The van der Waals surface area contributed by atoms with Crippen molar-refractivity contribution < 1.29 is 9.47 Å². The molecule has 1 aromatic carbocycles. The molecule has 0 N–H and O–H groups in total. The average molecular weight is 282 g/mol. The summed E-state index contributed by atoms with van der Waals surface area (Å²) in [6, 6.07) is 5.78. The maximum atomic E-state index is 5.26. The largest absolute Gasteiger partial charge is 0.493 e. The Bertz CT molecular complexity index is 540. The number of hydrogen-bond acceptors (Lipinski definition) is 3. The summed E-state index contributed by atoms with van der Waals surface area (Å²) in [7, 11) is 3.24. The van der Waals surface area contributed by atoms with E-state index < -0.39 is 0 Å². The van der Waals surface area contributed by atoms with Crippen molar-refractivity contribution >= 4 is 26.8 Å². The highest BCUT2D eigenvalue weighted by molar-refractivity contribution is 9.10. The molecule has 1 heterocycles. The predicted molar refractivity (Wildman–Crippen MR) is 67.3 cm³/mol. The van der Waals surface area contributed by atoms with Crippen LogP contribution < -0.4 is 9.47 Å². The van der Waals surface area contributed by atoms with Crippen molar-refractivity contribution in [2.24, 2.45) is 0 Å². The number of fused-ring (bicyclic) bond motifs is 1. The fourth-order valence-electron chi connectivity index (χ4n) is 1.64. The van der Waals surface area contributed by atoms with E-state index in [0.717, 1.165) is 21.1 Å². The molecular weight excluding hydrogens is 270 g/mol. The average Bonchev–Trinajstić information content (AvgIpc) is 2.27. The van der Waals surface area contributed by atoms with Gasteiger partial charge in [-0.3, -0.25) is 4.98 Å². The Labute approximate surface area is 103 Å². The molecule has 84 valence electrons. The van der Waals surface area contributed by atoms with Crippen LogP contribution in [0.1, 0.15) is 5.69 Å². The third kappa shape index (κ3) is 1.85. The quantitative estimate of drug-likeness (QED) is 0.846. The van der Waals surface area contributed by atoms with Gasteiger partial charge in [0.2, 0.25) is 0 Å². The minimum Gasteiger partial charge on any atom is -0.493 e. The summed E-state index contributed by atoms with van der Waals surface area (Å²) in [5.41, 5.74) is 1.86. The van der Waals surface area contributed by atoms with E-state index in [1.807, 2.05) is 25.1 Å². The van der Waals surface area contributed by atoms with Gasteiger partial charge in [-0.05, 0) is 19.1 Å². The third-order valence-corrected chi connectivity index (χ3v) is 3.05. The summed E-state index contributed by atoms with van der Waals surface area (Å²) >= 11 is 3.52. The Morgan fingerprint density at radius 3 is 2.31 bits per heavy atom. The van der Waals surface area contributed by atoms with Crippen molar-refractivity contribution in [3.05, 3.63) is 28.4 Å². The van der Waals surface area contributed by atoms with E-state index in [1.165, 1.54) is 0 Å². The number of pyridine rings is 1. The highest BCUT2D eigenvalue weighted by Gasteiger charge is 2.09. The zero-order valence-corrected chi connectivity index (χ0v) is 11.0. The van der Waals surface area contributed by atoms with Crippen molar-refractivity contribution in [2.45, 2.75) is 6.92 Å². The van der Waals surface area contributed by atoms with E-state index in [9.17, 15) is 0 Å². The number of rotatable bonds is 2. The lowest BCUT2D eigenvalue weighted by atomic mass is 10.2. The second-order valence-electron chi connectivity index (χ2n) is 3.47. The minimum absolute atomic E-state index is 0.694. The number of methoxy groups -OCH3 is 2. The SMILES string of the molecule is COc1cc2nc(C)cc(Br)c2cc1OC. The van der Waals surface area contributed by atoms with Crippen molar-refractivity contribution in [3.8, 4) is 11.5 Å². The second kappa shape index (κ2) is 4.29. The maximum absolute atomic E-state index is 5.26. The zero-order chi connectivity index (χ0) is 11.7. The molecule has 0 aliphatic carbocycles. The number of ether oxygens (including phenoxy) is 2. The van der Waals surface area contributed by atoms with E-state index in [2.05, 4.69) is 20.9 Å². The van der Waals surface area contributed by atoms with Gasteiger partial charge >= 0.3 is 0 Å². The molecular formula is C12H12BrNO2. The Morgan fingerprint density at radius 1 is 1.06 bits per heavy atom. The standard InChI is InChI=1S/C12H12BrNO2/c1-7-4-9(13)8-5-11(15-2)12(16-3)6-10(8)14-7/h4-6H,1-3H3. The summed E-state index contributed by atoms with van der Waals surface area (Å²) < 4.78 is 11.5. The smallest absolute Gasteiger partial charge is 0.162 e. The predicted octanol–water partition coefficient (Wildman–Crippen LogP) is 3.32.